The van der Waals surface area contributed by atoms with E-state index in [0.717, 1.165) is 0 Å². The van der Waals surface area contributed by atoms with Gasteiger partial charge in [-0.3, -0.25) is 4.79 Å². The molecule has 2 aromatic carbocycles. The van der Waals surface area contributed by atoms with Gasteiger partial charge in [-0.15, -0.1) is 0 Å². The van der Waals surface area contributed by atoms with Crippen molar-refractivity contribution in [3.05, 3.63) is 64.8 Å². The number of hydrogen-bond donors (Lipinski definition) is 2. The molecule has 1 amide bonds. The predicted octanol–water partition coefficient (Wildman–Crippen LogP) is 3.59. The van der Waals surface area contributed by atoms with Crippen LogP contribution in [0.25, 0.3) is 0 Å². The molecule has 0 aliphatic carbocycles. The van der Waals surface area contributed by atoms with Gasteiger partial charge in [0.2, 0.25) is 0 Å². The maximum Gasteiger partial charge on any atom is 0.337 e. The van der Waals surface area contributed by atoms with Gasteiger partial charge in [-0.1, -0.05) is 11.6 Å². The molecule has 0 aliphatic rings. The molecular formula is C19H16ClN3O4. The number of nitrogens with zero attached hydrogens (tertiary/aromatic N) is 1. The molecule has 0 fully saturated rings. The van der Waals surface area contributed by atoms with Crippen molar-refractivity contribution >= 4 is 34.9 Å². The Balaban J connectivity index is 2.12. The van der Waals surface area contributed by atoms with Gasteiger partial charge in [-0.25, -0.2) is 4.79 Å². The highest BCUT2D eigenvalue weighted by Gasteiger charge is 2.13. The molecule has 2 aromatic rings. The van der Waals surface area contributed by atoms with E-state index < -0.39 is 11.9 Å². The first kappa shape index (κ1) is 19.8. The number of amides is 1. The van der Waals surface area contributed by atoms with Crippen LogP contribution in [0.1, 0.15) is 10.4 Å². The molecule has 2 N–H and O–H groups in total. The number of nitriles is 1. The first-order valence-electron chi connectivity index (χ1n) is 7.68. The van der Waals surface area contributed by atoms with Gasteiger partial charge < -0.3 is 20.1 Å². The number of halogens is 1. The van der Waals surface area contributed by atoms with Crippen molar-refractivity contribution < 1.29 is 19.1 Å². The number of rotatable bonds is 6. The molecule has 0 spiro atoms. The van der Waals surface area contributed by atoms with Crippen molar-refractivity contribution in [3.63, 3.8) is 0 Å². The van der Waals surface area contributed by atoms with Crippen LogP contribution in [0, 0.1) is 11.3 Å². The van der Waals surface area contributed by atoms with E-state index in [9.17, 15) is 14.9 Å². The van der Waals surface area contributed by atoms with Crippen LogP contribution < -0.4 is 15.4 Å². The third-order valence-corrected chi connectivity index (χ3v) is 3.70. The van der Waals surface area contributed by atoms with Gasteiger partial charge in [0.05, 0.1) is 25.5 Å². The molecule has 0 aliphatic heterocycles. The van der Waals surface area contributed by atoms with Gasteiger partial charge in [-0.05, 0) is 42.5 Å². The summed E-state index contributed by atoms with van der Waals surface area (Å²) in [5.41, 5.74) is 1.16. The highest BCUT2D eigenvalue weighted by molar-refractivity contribution is 6.31. The monoisotopic (exact) mass is 385 g/mol. The molecule has 0 atom stereocenters. The normalized spacial score (nSPS) is 10.5. The second kappa shape index (κ2) is 9.27. The lowest BCUT2D eigenvalue weighted by Gasteiger charge is -2.10. The molecular weight excluding hydrogens is 370 g/mol. The number of methoxy groups -OCH3 is 2. The van der Waals surface area contributed by atoms with E-state index >= 15 is 0 Å². The minimum absolute atomic E-state index is 0.158. The topological polar surface area (TPSA) is 100 Å². The molecule has 8 heteroatoms. The number of nitrogens with one attached hydrogen (secondary N) is 2. The minimum atomic E-state index is -0.628. The summed E-state index contributed by atoms with van der Waals surface area (Å²) in [7, 11) is 2.75. The van der Waals surface area contributed by atoms with Crippen LogP contribution in [0.15, 0.2) is 54.2 Å². The molecule has 0 heterocycles. The summed E-state index contributed by atoms with van der Waals surface area (Å²) in [6, 6.07) is 12.9. The molecule has 7 nitrogen and oxygen atoms in total. The van der Waals surface area contributed by atoms with E-state index in [1.54, 1.807) is 36.4 Å². The van der Waals surface area contributed by atoms with E-state index in [4.69, 9.17) is 16.3 Å². The lowest BCUT2D eigenvalue weighted by Crippen LogP contribution is -2.15. The largest absolute Gasteiger partial charge is 0.495 e. The average Bonchev–Trinajstić information content (AvgIpc) is 2.68. The lowest BCUT2D eigenvalue weighted by molar-refractivity contribution is -0.112. The third-order valence-electron chi connectivity index (χ3n) is 3.46. The zero-order valence-electron chi connectivity index (χ0n) is 14.6. The van der Waals surface area contributed by atoms with Gasteiger partial charge in [0.1, 0.15) is 17.4 Å². The predicted molar refractivity (Wildman–Crippen MR) is 102 cm³/mol. The first-order valence-corrected chi connectivity index (χ1v) is 8.06. The number of carbonyl (C=O) groups excluding carboxylic acids is 2. The first-order chi connectivity index (χ1) is 13.0. The highest BCUT2D eigenvalue weighted by atomic mass is 35.5. The maximum absolute atomic E-state index is 12.3. The van der Waals surface area contributed by atoms with E-state index in [1.165, 1.54) is 26.5 Å². The van der Waals surface area contributed by atoms with E-state index in [2.05, 4.69) is 15.4 Å². The summed E-state index contributed by atoms with van der Waals surface area (Å²) in [5.74, 6) is -0.669. The molecule has 0 bridgehead atoms. The molecule has 138 valence electrons. The maximum atomic E-state index is 12.3. The van der Waals surface area contributed by atoms with Crippen LogP contribution in [0.4, 0.5) is 11.4 Å². The fourth-order valence-electron chi connectivity index (χ4n) is 2.09. The molecule has 0 unspecified atom stereocenters. The molecule has 0 aromatic heterocycles. The number of benzene rings is 2. The summed E-state index contributed by atoms with van der Waals surface area (Å²) in [5, 5.41) is 15.1. The molecule has 0 radical (unpaired) electrons. The highest BCUT2D eigenvalue weighted by Crippen LogP contribution is 2.28. The fourth-order valence-corrected chi connectivity index (χ4v) is 2.26. The number of esters is 1. The van der Waals surface area contributed by atoms with Crippen LogP contribution in [0.2, 0.25) is 5.02 Å². The Kier molecular flexibility index (Phi) is 6.80. The quantitative estimate of drug-likeness (QED) is 0.447. The number of carbonyl (C=O) groups is 2. The summed E-state index contributed by atoms with van der Waals surface area (Å²) in [4.78, 5) is 23.7. The molecule has 0 saturated heterocycles. The standard InChI is InChI=1S/C19H16ClN3O4/c1-26-17-8-5-14(20)9-16(17)23-18(24)13(10-21)11-22-15-6-3-12(4-7-15)19(25)27-2/h3-9,11,22H,1-2H3,(H,23,24)/b13-11-. The van der Waals surface area contributed by atoms with Crippen molar-refractivity contribution in [3.8, 4) is 11.8 Å². The van der Waals surface area contributed by atoms with Crippen LogP contribution in [-0.4, -0.2) is 26.1 Å². The van der Waals surface area contributed by atoms with Crippen molar-refractivity contribution in [1.29, 1.82) is 5.26 Å². The Bertz CT molecular complexity index is 918. The summed E-state index contributed by atoms with van der Waals surface area (Å²) >= 11 is 5.93. The Hall–Kier alpha value is -3.50. The smallest absolute Gasteiger partial charge is 0.337 e. The minimum Gasteiger partial charge on any atom is -0.495 e. The SMILES string of the molecule is COC(=O)c1ccc(N/C=C(/C#N)C(=O)Nc2cc(Cl)ccc2OC)cc1. The molecule has 27 heavy (non-hydrogen) atoms. The fraction of sp³-hybridized carbons (Fsp3) is 0.105. The molecule has 0 saturated carbocycles. The Morgan fingerprint density at radius 3 is 2.44 bits per heavy atom. The van der Waals surface area contributed by atoms with Crippen molar-refractivity contribution in [2.45, 2.75) is 0 Å². The number of hydrogen-bond acceptors (Lipinski definition) is 6. The Morgan fingerprint density at radius 1 is 1.15 bits per heavy atom. The van der Waals surface area contributed by atoms with Gasteiger partial charge in [0.25, 0.3) is 5.91 Å². The van der Waals surface area contributed by atoms with Crippen LogP contribution in [0.5, 0.6) is 5.75 Å². The van der Waals surface area contributed by atoms with Crippen LogP contribution >= 0.6 is 11.6 Å². The number of anilines is 2. The van der Waals surface area contributed by atoms with Gasteiger partial charge in [0, 0.05) is 16.9 Å². The molecule has 2 rings (SSSR count). The third kappa shape index (κ3) is 5.23. The average molecular weight is 386 g/mol. The second-order valence-corrected chi connectivity index (χ2v) is 5.62. The second-order valence-electron chi connectivity index (χ2n) is 5.18. The van der Waals surface area contributed by atoms with Crippen LogP contribution in [0.3, 0.4) is 0 Å². The van der Waals surface area contributed by atoms with Gasteiger partial charge in [0.15, 0.2) is 0 Å². The van der Waals surface area contributed by atoms with Gasteiger partial charge in [-0.2, -0.15) is 5.26 Å². The van der Waals surface area contributed by atoms with E-state index in [1.807, 2.05) is 6.07 Å². The van der Waals surface area contributed by atoms with E-state index in [-0.39, 0.29) is 5.57 Å². The summed E-state index contributed by atoms with van der Waals surface area (Å²) < 4.78 is 9.77. The Morgan fingerprint density at radius 2 is 1.85 bits per heavy atom. The Labute approximate surface area is 161 Å². The summed E-state index contributed by atoms with van der Waals surface area (Å²) in [6.07, 6.45) is 1.26. The van der Waals surface area contributed by atoms with Crippen molar-refractivity contribution in [2.75, 3.05) is 24.9 Å². The summed E-state index contributed by atoms with van der Waals surface area (Å²) in [6.45, 7) is 0. The zero-order chi connectivity index (χ0) is 19.8. The number of ether oxygens (including phenoxy) is 2. The van der Waals surface area contributed by atoms with Crippen LogP contribution in [-0.2, 0) is 9.53 Å². The van der Waals surface area contributed by atoms with Crippen molar-refractivity contribution in [2.24, 2.45) is 0 Å². The zero-order valence-corrected chi connectivity index (χ0v) is 15.3. The lowest BCUT2D eigenvalue weighted by atomic mass is 10.2. The van der Waals surface area contributed by atoms with Gasteiger partial charge >= 0.3 is 5.97 Å². The van der Waals surface area contributed by atoms with E-state index in [0.29, 0.717) is 27.7 Å². The van der Waals surface area contributed by atoms with Crippen molar-refractivity contribution in [1.82, 2.24) is 0 Å².